The molecule has 0 spiro atoms. The number of hydrogen-bond acceptors (Lipinski definition) is 3. The van der Waals surface area contributed by atoms with Crippen LogP contribution in [0.2, 0.25) is 0 Å². The van der Waals surface area contributed by atoms with Crippen LogP contribution in [0.5, 0.6) is 0 Å². The highest BCUT2D eigenvalue weighted by atomic mass is 16.2. The van der Waals surface area contributed by atoms with Crippen LogP contribution < -0.4 is 16.0 Å². The van der Waals surface area contributed by atoms with Crippen LogP contribution in [0, 0.1) is 0 Å². The lowest BCUT2D eigenvalue weighted by molar-refractivity contribution is -0.123. The molecule has 1 aromatic rings. The van der Waals surface area contributed by atoms with Crippen LogP contribution in [-0.2, 0) is 11.3 Å². The first-order chi connectivity index (χ1) is 8.01. The van der Waals surface area contributed by atoms with E-state index < -0.39 is 5.54 Å². The van der Waals surface area contributed by atoms with Crippen LogP contribution in [0.3, 0.4) is 0 Å². The molecule has 0 bridgehead atoms. The number of carbonyl (C=O) groups excluding carboxylic acids is 1. The Morgan fingerprint density at radius 3 is 2.41 bits per heavy atom. The molecule has 1 aromatic carbocycles. The van der Waals surface area contributed by atoms with Gasteiger partial charge in [0.2, 0.25) is 5.91 Å². The van der Waals surface area contributed by atoms with E-state index in [2.05, 4.69) is 5.32 Å². The van der Waals surface area contributed by atoms with E-state index >= 15 is 0 Å². The summed E-state index contributed by atoms with van der Waals surface area (Å²) < 4.78 is 0. The second-order valence-electron chi connectivity index (χ2n) is 4.90. The van der Waals surface area contributed by atoms with Crippen molar-refractivity contribution < 1.29 is 4.79 Å². The number of anilines is 1. The van der Waals surface area contributed by atoms with E-state index in [0.29, 0.717) is 6.54 Å². The molecule has 2 rings (SSSR count). The largest absolute Gasteiger partial charge is 0.378 e. The highest BCUT2D eigenvalue weighted by Gasteiger charge is 2.45. The van der Waals surface area contributed by atoms with Crippen molar-refractivity contribution in [1.82, 2.24) is 5.32 Å². The molecule has 1 fully saturated rings. The first-order valence-corrected chi connectivity index (χ1v) is 5.85. The van der Waals surface area contributed by atoms with E-state index in [1.165, 1.54) is 0 Å². The van der Waals surface area contributed by atoms with Crippen molar-refractivity contribution in [3.63, 3.8) is 0 Å². The maximum Gasteiger partial charge on any atom is 0.240 e. The van der Waals surface area contributed by atoms with Gasteiger partial charge in [-0.3, -0.25) is 4.79 Å². The number of carbonyl (C=O) groups is 1. The van der Waals surface area contributed by atoms with E-state index in [-0.39, 0.29) is 5.91 Å². The van der Waals surface area contributed by atoms with Crippen molar-refractivity contribution in [1.29, 1.82) is 0 Å². The number of rotatable bonds is 4. The molecule has 0 aromatic heterocycles. The number of benzene rings is 1. The molecule has 1 amide bonds. The summed E-state index contributed by atoms with van der Waals surface area (Å²) in [7, 11) is 4.00. The van der Waals surface area contributed by atoms with E-state index in [4.69, 9.17) is 5.73 Å². The van der Waals surface area contributed by atoms with Gasteiger partial charge in [0, 0.05) is 26.3 Å². The number of nitrogens with zero attached hydrogens (tertiary/aromatic N) is 1. The van der Waals surface area contributed by atoms with E-state index in [1.54, 1.807) is 0 Å². The molecular weight excluding hydrogens is 214 g/mol. The normalized spacial score (nSPS) is 16.4. The van der Waals surface area contributed by atoms with E-state index in [1.807, 2.05) is 43.3 Å². The number of hydrogen-bond donors (Lipinski definition) is 2. The molecule has 1 aliphatic carbocycles. The predicted molar refractivity (Wildman–Crippen MR) is 68.8 cm³/mol. The molecule has 17 heavy (non-hydrogen) atoms. The first kappa shape index (κ1) is 11.9. The predicted octanol–water partition coefficient (Wildman–Crippen LogP) is 0.860. The number of nitrogens with one attached hydrogen (secondary N) is 1. The van der Waals surface area contributed by atoms with Gasteiger partial charge in [0.1, 0.15) is 0 Å². The third-order valence-electron chi connectivity index (χ3n) is 3.15. The fraction of sp³-hybridized carbons (Fsp3) is 0.462. The molecule has 1 saturated carbocycles. The van der Waals surface area contributed by atoms with Gasteiger partial charge < -0.3 is 16.0 Å². The Morgan fingerprint density at radius 1 is 1.35 bits per heavy atom. The summed E-state index contributed by atoms with van der Waals surface area (Å²) in [5.41, 5.74) is 7.46. The molecule has 0 unspecified atom stereocenters. The molecule has 4 heteroatoms. The average molecular weight is 233 g/mol. The molecule has 0 aliphatic heterocycles. The maximum absolute atomic E-state index is 11.6. The minimum Gasteiger partial charge on any atom is -0.378 e. The topological polar surface area (TPSA) is 58.4 Å². The molecule has 0 atom stereocenters. The lowest BCUT2D eigenvalue weighted by Gasteiger charge is -2.13. The van der Waals surface area contributed by atoms with Crippen LogP contribution >= 0.6 is 0 Å². The third kappa shape index (κ3) is 2.77. The van der Waals surface area contributed by atoms with Crippen LogP contribution in [0.25, 0.3) is 0 Å². The molecular formula is C13H19N3O. The molecule has 0 radical (unpaired) electrons. The molecule has 1 aliphatic rings. The summed E-state index contributed by atoms with van der Waals surface area (Å²) in [5, 5.41) is 2.87. The van der Waals surface area contributed by atoms with Gasteiger partial charge >= 0.3 is 0 Å². The summed E-state index contributed by atoms with van der Waals surface area (Å²) in [6, 6.07) is 8.12. The van der Waals surface area contributed by atoms with Gasteiger partial charge in [-0.15, -0.1) is 0 Å². The van der Waals surface area contributed by atoms with Gasteiger partial charge in [-0.05, 0) is 30.5 Å². The second kappa shape index (κ2) is 4.37. The van der Waals surface area contributed by atoms with Gasteiger partial charge in [0.05, 0.1) is 5.54 Å². The Balaban J connectivity index is 1.89. The first-order valence-electron chi connectivity index (χ1n) is 5.85. The molecule has 4 nitrogen and oxygen atoms in total. The number of amides is 1. The minimum absolute atomic E-state index is 0.0332. The Hall–Kier alpha value is -1.55. The van der Waals surface area contributed by atoms with Crippen LogP contribution in [-0.4, -0.2) is 25.5 Å². The van der Waals surface area contributed by atoms with Crippen LogP contribution in [0.4, 0.5) is 5.69 Å². The second-order valence-corrected chi connectivity index (χ2v) is 4.90. The zero-order valence-electron chi connectivity index (χ0n) is 10.4. The number of nitrogens with two attached hydrogens (primary N) is 1. The van der Waals surface area contributed by atoms with Crippen molar-refractivity contribution in [2.24, 2.45) is 5.73 Å². The quantitative estimate of drug-likeness (QED) is 0.811. The lowest BCUT2D eigenvalue weighted by Crippen LogP contribution is -2.42. The standard InChI is InChI=1S/C13H19N3O/c1-16(2)11-5-3-10(4-6-11)9-15-12(17)13(14)7-8-13/h3-6H,7-9,14H2,1-2H3,(H,15,17). The summed E-state index contributed by atoms with van der Waals surface area (Å²) in [6.45, 7) is 0.547. The highest BCUT2D eigenvalue weighted by Crippen LogP contribution is 2.32. The molecule has 92 valence electrons. The van der Waals surface area contributed by atoms with Gasteiger partial charge in [-0.1, -0.05) is 12.1 Å². The van der Waals surface area contributed by atoms with E-state index in [9.17, 15) is 4.79 Å². The smallest absolute Gasteiger partial charge is 0.240 e. The van der Waals surface area contributed by atoms with Crippen LogP contribution in [0.15, 0.2) is 24.3 Å². The Bertz CT molecular complexity index is 407. The molecule has 0 saturated heterocycles. The average Bonchev–Trinajstić information content (AvgIpc) is 3.06. The van der Waals surface area contributed by atoms with Crippen molar-refractivity contribution >= 4 is 11.6 Å². The Labute approximate surface area is 102 Å². The third-order valence-corrected chi connectivity index (χ3v) is 3.15. The van der Waals surface area contributed by atoms with Gasteiger partial charge in [0.25, 0.3) is 0 Å². The summed E-state index contributed by atoms with van der Waals surface area (Å²) >= 11 is 0. The van der Waals surface area contributed by atoms with E-state index in [0.717, 1.165) is 24.1 Å². The Kier molecular flexibility index (Phi) is 3.07. The lowest BCUT2D eigenvalue weighted by atomic mass is 10.2. The van der Waals surface area contributed by atoms with Crippen molar-refractivity contribution in [3.8, 4) is 0 Å². The van der Waals surface area contributed by atoms with Gasteiger partial charge in [-0.2, -0.15) is 0 Å². The fourth-order valence-corrected chi connectivity index (χ4v) is 1.63. The monoisotopic (exact) mass is 233 g/mol. The van der Waals surface area contributed by atoms with Crippen molar-refractivity contribution in [2.75, 3.05) is 19.0 Å². The SMILES string of the molecule is CN(C)c1ccc(CNC(=O)C2(N)CC2)cc1. The summed E-state index contributed by atoms with van der Waals surface area (Å²) in [6.07, 6.45) is 1.61. The minimum atomic E-state index is -0.580. The van der Waals surface area contributed by atoms with Crippen LogP contribution in [0.1, 0.15) is 18.4 Å². The highest BCUT2D eigenvalue weighted by molar-refractivity contribution is 5.88. The van der Waals surface area contributed by atoms with Gasteiger partial charge in [-0.25, -0.2) is 0 Å². The Morgan fingerprint density at radius 2 is 1.94 bits per heavy atom. The van der Waals surface area contributed by atoms with Crippen molar-refractivity contribution in [2.45, 2.75) is 24.9 Å². The molecule has 3 N–H and O–H groups in total. The fourth-order valence-electron chi connectivity index (χ4n) is 1.63. The zero-order valence-corrected chi connectivity index (χ0v) is 10.4. The van der Waals surface area contributed by atoms with Crippen molar-refractivity contribution in [3.05, 3.63) is 29.8 Å². The van der Waals surface area contributed by atoms with Gasteiger partial charge in [0.15, 0.2) is 0 Å². The zero-order chi connectivity index (χ0) is 12.5. The maximum atomic E-state index is 11.6. The summed E-state index contributed by atoms with van der Waals surface area (Å²) in [5.74, 6) is -0.0332. The molecule has 0 heterocycles. The summed E-state index contributed by atoms with van der Waals surface area (Å²) in [4.78, 5) is 13.7.